The number of nitrogens with one attached hydrogen (secondary N) is 2. The number of aliphatic imine (C=N–C) groups is 1. The van der Waals surface area contributed by atoms with Crippen molar-refractivity contribution in [3.63, 3.8) is 0 Å². The van der Waals surface area contributed by atoms with Crippen molar-refractivity contribution in [2.45, 2.75) is 13.0 Å². The Balaban J connectivity index is 1.77. The summed E-state index contributed by atoms with van der Waals surface area (Å²) in [6, 6.07) is 30.1. The highest BCUT2D eigenvalue weighted by molar-refractivity contribution is 5.94. The smallest absolute Gasteiger partial charge is 0.217 e. The molecule has 0 radical (unpaired) electrons. The molecule has 0 fully saturated rings. The topological polar surface area (TPSA) is 48.8 Å². The van der Waals surface area contributed by atoms with Crippen molar-refractivity contribution in [3.05, 3.63) is 102 Å². The number of nitrogens with zero attached hydrogens (tertiary/aromatic N) is 2. The lowest BCUT2D eigenvalue weighted by Crippen LogP contribution is -2.27. The number of benzene rings is 3. The van der Waals surface area contributed by atoms with Gasteiger partial charge in [0.25, 0.3) is 0 Å². The molecule has 0 aliphatic heterocycles. The van der Waals surface area contributed by atoms with Crippen molar-refractivity contribution < 1.29 is 0 Å². The highest BCUT2D eigenvalue weighted by Gasteiger charge is 2.06. The number of hydrazone groups is 1. The lowest BCUT2D eigenvalue weighted by molar-refractivity contribution is 0.805. The van der Waals surface area contributed by atoms with Crippen LogP contribution in [0.5, 0.6) is 0 Å². The van der Waals surface area contributed by atoms with Crippen LogP contribution in [0.2, 0.25) is 0 Å². The van der Waals surface area contributed by atoms with Crippen molar-refractivity contribution in [3.8, 4) is 0 Å². The zero-order valence-electron chi connectivity index (χ0n) is 14.7. The second-order valence-corrected chi connectivity index (χ2v) is 5.84. The average Bonchev–Trinajstić information content (AvgIpc) is 2.70. The van der Waals surface area contributed by atoms with Gasteiger partial charge in [-0.25, -0.2) is 10.4 Å². The Kier molecular flexibility index (Phi) is 6.15. The molecule has 1 atom stereocenters. The van der Waals surface area contributed by atoms with Gasteiger partial charge in [-0.15, -0.1) is 0 Å². The lowest BCUT2D eigenvalue weighted by atomic mass is 10.1. The van der Waals surface area contributed by atoms with Crippen LogP contribution in [-0.4, -0.2) is 12.2 Å². The monoisotopic (exact) mass is 342 g/mol. The van der Waals surface area contributed by atoms with Crippen LogP contribution in [0.1, 0.15) is 24.1 Å². The van der Waals surface area contributed by atoms with Crippen LogP contribution >= 0.6 is 0 Å². The summed E-state index contributed by atoms with van der Waals surface area (Å²) >= 11 is 0. The van der Waals surface area contributed by atoms with Gasteiger partial charge in [0.2, 0.25) is 5.96 Å². The highest BCUT2D eigenvalue weighted by atomic mass is 15.4. The first-order valence-electron chi connectivity index (χ1n) is 8.60. The van der Waals surface area contributed by atoms with Gasteiger partial charge in [0.05, 0.1) is 12.3 Å². The fourth-order valence-electron chi connectivity index (χ4n) is 2.45. The lowest BCUT2D eigenvalue weighted by Gasteiger charge is -2.13. The standard InChI is InChI=1S/C22H22N4/c1-18(20-13-7-3-8-14-20)24-22(25-21-15-9-4-10-16-21)26-23-17-19-11-5-2-6-12-19/h2-18H,1H3,(H2,24,25,26)/b23-17+. The van der Waals surface area contributed by atoms with Gasteiger partial charge in [0, 0.05) is 5.69 Å². The van der Waals surface area contributed by atoms with E-state index in [-0.39, 0.29) is 6.04 Å². The van der Waals surface area contributed by atoms with Crippen molar-refractivity contribution in [1.29, 1.82) is 0 Å². The Labute approximate surface area is 154 Å². The predicted molar refractivity (Wildman–Crippen MR) is 110 cm³/mol. The SMILES string of the molecule is CC(N=C(N/N=C/c1ccccc1)Nc1ccccc1)c1ccccc1. The average molecular weight is 342 g/mol. The Morgan fingerprint density at radius 1 is 0.808 bits per heavy atom. The van der Waals surface area contributed by atoms with Crippen LogP contribution in [0.4, 0.5) is 5.69 Å². The largest absolute Gasteiger partial charge is 0.325 e. The highest BCUT2D eigenvalue weighted by Crippen LogP contribution is 2.16. The van der Waals surface area contributed by atoms with Crippen LogP contribution < -0.4 is 10.7 Å². The molecule has 3 rings (SSSR count). The molecule has 0 saturated carbocycles. The first-order chi connectivity index (χ1) is 12.8. The number of anilines is 1. The molecule has 3 aromatic rings. The van der Waals surface area contributed by atoms with E-state index in [2.05, 4.69) is 34.9 Å². The van der Waals surface area contributed by atoms with E-state index in [9.17, 15) is 0 Å². The minimum Gasteiger partial charge on any atom is -0.325 e. The molecule has 0 spiro atoms. The maximum absolute atomic E-state index is 4.75. The summed E-state index contributed by atoms with van der Waals surface area (Å²) in [4.78, 5) is 4.75. The third-order valence-electron chi connectivity index (χ3n) is 3.82. The van der Waals surface area contributed by atoms with Crippen molar-refractivity contribution in [1.82, 2.24) is 5.43 Å². The summed E-state index contributed by atoms with van der Waals surface area (Å²) in [7, 11) is 0. The van der Waals surface area contributed by atoms with E-state index in [1.54, 1.807) is 6.21 Å². The second kappa shape index (κ2) is 9.18. The van der Waals surface area contributed by atoms with Gasteiger partial charge in [-0.3, -0.25) is 0 Å². The Morgan fingerprint density at radius 2 is 1.38 bits per heavy atom. The molecule has 1 unspecified atom stereocenters. The Morgan fingerprint density at radius 3 is 2.04 bits per heavy atom. The molecule has 3 aromatic carbocycles. The van der Waals surface area contributed by atoms with E-state index in [1.165, 1.54) is 0 Å². The molecular formula is C22H22N4. The van der Waals surface area contributed by atoms with E-state index in [4.69, 9.17) is 4.99 Å². The van der Waals surface area contributed by atoms with Gasteiger partial charge in [-0.2, -0.15) is 5.10 Å². The molecule has 26 heavy (non-hydrogen) atoms. The second-order valence-electron chi connectivity index (χ2n) is 5.84. The van der Waals surface area contributed by atoms with Crippen LogP contribution in [0.15, 0.2) is 101 Å². The maximum Gasteiger partial charge on any atom is 0.217 e. The molecule has 2 N–H and O–H groups in total. The van der Waals surface area contributed by atoms with E-state index in [1.807, 2.05) is 78.9 Å². The Hall–Kier alpha value is -3.40. The van der Waals surface area contributed by atoms with Gasteiger partial charge in [0.15, 0.2) is 0 Å². The van der Waals surface area contributed by atoms with Crippen LogP contribution in [-0.2, 0) is 0 Å². The van der Waals surface area contributed by atoms with Gasteiger partial charge in [-0.05, 0) is 30.2 Å². The minimum atomic E-state index is 0.00170. The first-order valence-corrected chi connectivity index (χ1v) is 8.60. The molecule has 0 aliphatic carbocycles. The molecule has 0 bridgehead atoms. The van der Waals surface area contributed by atoms with Gasteiger partial charge >= 0.3 is 0 Å². The predicted octanol–water partition coefficient (Wildman–Crippen LogP) is 4.84. The fraction of sp³-hybridized carbons (Fsp3) is 0.0909. The number of hydrogen-bond acceptors (Lipinski definition) is 2. The van der Waals surface area contributed by atoms with Gasteiger partial charge < -0.3 is 5.32 Å². The van der Waals surface area contributed by atoms with Crippen molar-refractivity contribution in [2.75, 3.05) is 5.32 Å². The summed E-state index contributed by atoms with van der Waals surface area (Å²) in [6.45, 7) is 2.06. The van der Waals surface area contributed by atoms with Crippen LogP contribution in [0.25, 0.3) is 0 Å². The minimum absolute atomic E-state index is 0.00170. The van der Waals surface area contributed by atoms with E-state index in [0.29, 0.717) is 5.96 Å². The van der Waals surface area contributed by atoms with Gasteiger partial charge in [-0.1, -0.05) is 78.9 Å². The maximum atomic E-state index is 4.75. The van der Waals surface area contributed by atoms with Crippen molar-refractivity contribution in [2.24, 2.45) is 10.1 Å². The quantitative estimate of drug-likeness (QED) is 0.396. The third-order valence-corrected chi connectivity index (χ3v) is 3.82. The number of hydrogen-bond donors (Lipinski definition) is 2. The van der Waals surface area contributed by atoms with Crippen LogP contribution in [0.3, 0.4) is 0 Å². The molecule has 4 heteroatoms. The molecule has 4 nitrogen and oxygen atoms in total. The molecule has 130 valence electrons. The Bertz CT molecular complexity index is 843. The van der Waals surface area contributed by atoms with Gasteiger partial charge in [0.1, 0.15) is 0 Å². The summed E-state index contributed by atoms with van der Waals surface area (Å²) < 4.78 is 0. The third kappa shape index (κ3) is 5.31. The molecule has 0 saturated heterocycles. The first kappa shape index (κ1) is 17.4. The number of rotatable bonds is 5. The molecular weight excluding hydrogens is 320 g/mol. The summed E-state index contributed by atoms with van der Waals surface area (Å²) in [6.07, 6.45) is 1.77. The zero-order valence-corrected chi connectivity index (χ0v) is 14.7. The van der Waals surface area contributed by atoms with Crippen molar-refractivity contribution >= 4 is 17.9 Å². The summed E-state index contributed by atoms with van der Waals surface area (Å²) in [5, 5.41) is 7.61. The molecule has 0 heterocycles. The molecule has 0 amide bonds. The number of para-hydroxylation sites is 1. The van der Waals surface area contributed by atoms with E-state index >= 15 is 0 Å². The fourth-order valence-corrected chi connectivity index (χ4v) is 2.45. The zero-order chi connectivity index (χ0) is 18.0. The summed E-state index contributed by atoms with van der Waals surface area (Å²) in [5.74, 6) is 0.597. The molecule has 0 aromatic heterocycles. The number of guanidine groups is 1. The van der Waals surface area contributed by atoms with Crippen LogP contribution in [0, 0.1) is 0 Å². The van der Waals surface area contributed by atoms with E-state index in [0.717, 1.165) is 16.8 Å². The van der Waals surface area contributed by atoms with E-state index < -0.39 is 0 Å². The normalized spacial score (nSPS) is 12.7. The molecule has 0 aliphatic rings. The summed E-state index contributed by atoms with van der Waals surface area (Å²) in [5.41, 5.74) is 6.15.